The van der Waals surface area contributed by atoms with Gasteiger partial charge in [0.2, 0.25) is 5.91 Å². The van der Waals surface area contributed by atoms with E-state index in [-0.39, 0.29) is 11.9 Å². The van der Waals surface area contributed by atoms with Crippen LogP contribution in [0.5, 0.6) is 0 Å². The van der Waals surface area contributed by atoms with E-state index in [4.69, 9.17) is 0 Å². The molecule has 0 radical (unpaired) electrons. The summed E-state index contributed by atoms with van der Waals surface area (Å²) < 4.78 is 3.84. The molecule has 2 aromatic rings. The molecule has 1 aliphatic rings. The molecule has 3 heterocycles. The van der Waals surface area contributed by atoms with Gasteiger partial charge in [-0.15, -0.1) is 0 Å². The summed E-state index contributed by atoms with van der Waals surface area (Å²) in [6.45, 7) is 7.75. The summed E-state index contributed by atoms with van der Waals surface area (Å²) in [6.07, 6.45) is 5.57. The second-order valence-corrected chi connectivity index (χ2v) is 6.84. The van der Waals surface area contributed by atoms with Crippen molar-refractivity contribution in [2.24, 2.45) is 7.05 Å². The Morgan fingerprint density at radius 2 is 2.08 bits per heavy atom. The lowest BCUT2D eigenvalue weighted by Gasteiger charge is -2.24. The predicted octanol–water partition coefficient (Wildman–Crippen LogP) is 2.69. The molecule has 1 atom stereocenters. The molecule has 0 aromatic carbocycles. The largest absolute Gasteiger partial charge is 0.336 e. The van der Waals surface area contributed by atoms with Crippen LogP contribution >= 0.6 is 0 Å². The summed E-state index contributed by atoms with van der Waals surface area (Å²) in [5, 5.41) is 8.89. The maximum absolute atomic E-state index is 12.7. The number of hydrogen-bond donors (Lipinski definition) is 0. The third-order valence-corrected chi connectivity index (χ3v) is 4.85. The Balaban J connectivity index is 1.59. The van der Waals surface area contributed by atoms with Gasteiger partial charge in [-0.1, -0.05) is 0 Å². The highest BCUT2D eigenvalue weighted by Gasteiger charge is 2.31. The van der Waals surface area contributed by atoms with Crippen LogP contribution < -0.4 is 0 Å². The van der Waals surface area contributed by atoms with Gasteiger partial charge in [0.1, 0.15) is 0 Å². The van der Waals surface area contributed by atoms with Crippen molar-refractivity contribution < 1.29 is 4.79 Å². The minimum atomic E-state index is 0.194. The second kappa shape index (κ2) is 6.79. The molecule has 24 heavy (non-hydrogen) atoms. The summed E-state index contributed by atoms with van der Waals surface area (Å²) in [4.78, 5) is 14.7. The molecule has 0 saturated carbocycles. The van der Waals surface area contributed by atoms with Crippen molar-refractivity contribution in [2.75, 3.05) is 6.54 Å². The molecular formula is C18H27N5O. The fourth-order valence-corrected chi connectivity index (χ4v) is 3.76. The molecule has 0 N–H and O–H groups in total. The van der Waals surface area contributed by atoms with Crippen LogP contribution in [0.3, 0.4) is 0 Å². The van der Waals surface area contributed by atoms with E-state index in [1.54, 1.807) is 0 Å². The number of aromatic nitrogens is 4. The predicted molar refractivity (Wildman–Crippen MR) is 92.6 cm³/mol. The minimum absolute atomic E-state index is 0.194. The van der Waals surface area contributed by atoms with E-state index in [9.17, 15) is 4.79 Å². The topological polar surface area (TPSA) is 56.0 Å². The zero-order valence-electron chi connectivity index (χ0n) is 15.1. The Morgan fingerprint density at radius 3 is 2.71 bits per heavy atom. The van der Waals surface area contributed by atoms with Gasteiger partial charge in [-0.05, 0) is 46.1 Å². The van der Waals surface area contributed by atoms with Crippen molar-refractivity contribution in [3.05, 3.63) is 34.9 Å². The van der Waals surface area contributed by atoms with Crippen molar-refractivity contribution in [1.29, 1.82) is 0 Å². The summed E-state index contributed by atoms with van der Waals surface area (Å²) in [5.74, 6) is 0.252. The van der Waals surface area contributed by atoms with Gasteiger partial charge in [-0.25, -0.2) is 0 Å². The van der Waals surface area contributed by atoms with Crippen LogP contribution in [0, 0.1) is 20.8 Å². The molecule has 1 fully saturated rings. The SMILES string of the molecule is Cc1cc(C)n(CCCC(=O)N2CCCC2c2cn(C)nc2C)n1. The normalized spacial score (nSPS) is 17.7. The Kier molecular flexibility index (Phi) is 4.73. The molecule has 1 amide bonds. The first kappa shape index (κ1) is 16.7. The van der Waals surface area contributed by atoms with Crippen LogP contribution in [-0.2, 0) is 18.4 Å². The minimum Gasteiger partial charge on any atom is -0.336 e. The Morgan fingerprint density at radius 1 is 1.29 bits per heavy atom. The van der Waals surface area contributed by atoms with Gasteiger partial charge in [0.05, 0.1) is 17.4 Å². The fraction of sp³-hybridized carbons (Fsp3) is 0.611. The molecule has 130 valence electrons. The average molecular weight is 329 g/mol. The standard InChI is InChI=1S/C18H27N5O/c1-13-11-14(2)23(19-13)10-6-8-18(24)22-9-5-7-17(22)16-12-21(4)20-15(16)3/h11-12,17H,5-10H2,1-4H3. The summed E-state index contributed by atoms with van der Waals surface area (Å²) in [7, 11) is 1.94. The molecule has 6 nitrogen and oxygen atoms in total. The van der Waals surface area contributed by atoms with Crippen LogP contribution in [0.2, 0.25) is 0 Å². The Hall–Kier alpha value is -2.11. The highest BCUT2D eigenvalue weighted by molar-refractivity contribution is 5.77. The molecule has 1 aliphatic heterocycles. The lowest BCUT2D eigenvalue weighted by Crippen LogP contribution is -2.30. The number of likely N-dealkylation sites (tertiary alicyclic amines) is 1. The molecule has 1 saturated heterocycles. The average Bonchev–Trinajstić information content (AvgIpc) is 3.18. The zero-order valence-corrected chi connectivity index (χ0v) is 15.1. The maximum Gasteiger partial charge on any atom is 0.223 e. The molecule has 1 unspecified atom stereocenters. The third kappa shape index (κ3) is 3.37. The first-order chi connectivity index (χ1) is 11.5. The van der Waals surface area contributed by atoms with Crippen LogP contribution in [0.15, 0.2) is 12.3 Å². The third-order valence-electron chi connectivity index (χ3n) is 4.85. The highest BCUT2D eigenvalue weighted by atomic mass is 16.2. The van der Waals surface area contributed by atoms with Gasteiger partial charge in [0.15, 0.2) is 0 Å². The Bertz CT molecular complexity index is 730. The van der Waals surface area contributed by atoms with Crippen LogP contribution in [-0.4, -0.2) is 36.9 Å². The number of carbonyl (C=O) groups excluding carboxylic acids is 1. The van der Waals surface area contributed by atoms with Gasteiger partial charge in [-0.3, -0.25) is 14.2 Å². The van der Waals surface area contributed by atoms with Gasteiger partial charge in [0.25, 0.3) is 0 Å². The first-order valence-corrected chi connectivity index (χ1v) is 8.76. The quantitative estimate of drug-likeness (QED) is 0.847. The van der Waals surface area contributed by atoms with Crippen LogP contribution in [0.4, 0.5) is 0 Å². The van der Waals surface area contributed by atoms with Crippen molar-refractivity contribution in [2.45, 2.75) is 59.0 Å². The van der Waals surface area contributed by atoms with Crippen molar-refractivity contribution in [1.82, 2.24) is 24.5 Å². The number of nitrogens with zero attached hydrogens (tertiary/aromatic N) is 5. The van der Waals surface area contributed by atoms with Crippen molar-refractivity contribution in [3.63, 3.8) is 0 Å². The van der Waals surface area contributed by atoms with E-state index in [2.05, 4.69) is 29.4 Å². The fourth-order valence-electron chi connectivity index (χ4n) is 3.76. The first-order valence-electron chi connectivity index (χ1n) is 8.76. The van der Waals surface area contributed by atoms with E-state index >= 15 is 0 Å². The van der Waals surface area contributed by atoms with Crippen LogP contribution in [0.25, 0.3) is 0 Å². The number of amides is 1. The van der Waals surface area contributed by atoms with Crippen LogP contribution in [0.1, 0.15) is 54.4 Å². The molecule has 0 bridgehead atoms. The summed E-state index contributed by atoms with van der Waals surface area (Å²) >= 11 is 0. The second-order valence-electron chi connectivity index (χ2n) is 6.84. The van der Waals surface area contributed by atoms with E-state index < -0.39 is 0 Å². The van der Waals surface area contributed by atoms with Gasteiger partial charge in [0, 0.05) is 44.0 Å². The monoisotopic (exact) mass is 329 g/mol. The number of hydrogen-bond acceptors (Lipinski definition) is 3. The number of carbonyl (C=O) groups is 1. The molecule has 0 spiro atoms. The van der Waals surface area contributed by atoms with Gasteiger partial charge < -0.3 is 4.90 Å². The van der Waals surface area contributed by atoms with E-state index in [0.717, 1.165) is 49.4 Å². The molecular weight excluding hydrogens is 302 g/mol. The lowest BCUT2D eigenvalue weighted by atomic mass is 10.1. The smallest absolute Gasteiger partial charge is 0.223 e. The molecule has 0 aliphatic carbocycles. The van der Waals surface area contributed by atoms with Crippen molar-refractivity contribution in [3.8, 4) is 0 Å². The summed E-state index contributed by atoms with van der Waals surface area (Å²) in [5.41, 5.74) is 4.42. The highest BCUT2D eigenvalue weighted by Crippen LogP contribution is 2.33. The van der Waals surface area contributed by atoms with E-state index in [1.807, 2.05) is 35.2 Å². The maximum atomic E-state index is 12.7. The zero-order chi connectivity index (χ0) is 17.3. The molecule has 3 rings (SSSR count). The van der Waals surface area contributed by atoms with E-state index in [0.29, 0.717) is 6.42 Å². The lowest BCUT2D eigenvalue weighted by molar-refractivity contribution is -0.132. The van der Waals surface area contributed by atoms with Gasteiger partial charge in [-0.2, -0.15) is 10.2 Å². The molecule has 2 aromatic heterocycles. The molecule has 6 heteroatoms. The number of rotatable bonds is 5. The Labute approximate surface area is 143 Å². The van der Waals surface area contributed by atoms with Crippen molar-refractivity contribution >= 4 is 5.91 Å². The van der Waals surface area contributed by atoms with Gasteiger partial charge >= 0.3 is 0 Å². The number of aryl methyl sites for hydroxylation is 5. The summed E-state index contributed by atoms with van der Waals surface area (Å²) in [6, 6.07) is 2.27. The van der Waals surface area contributed by atoms with E-state index in [1.165, 1.54) is 5.56 Å².